The number of aldehydes is 1. The molecule has 0 N–H and O–H groups in total. The highest BCUT2D eigenvalue weighted by molar-refractivity contribution is 9.10. The molecule has 1 aromatic heterocycles. The Bertz CT molecular complexity index is 450. The van der Waals surface area contributed by atoms with Crippen molar-refractivity contribution >= 4 is 22.2 Å². The summed E-state index contributed by atoms with van der Waals surface area (Å²) in [7, 11) is 0. The minimum absolute atomic E-state index is 0.0794. The first kappa shape index (κ1) is 9.15. The van der Waals surface area contributed by atoms with Crippen LogP contribution < -0.4 is 0 Å². The molecule has 0 atom stereocenters. The van der Waals surface area contributed by atoms with E-state index in [1.165, 1.54) is 0 Å². The van der Waals surface area contributed by atoms with Gasteiger partial charge in [-0.3, -0.25) is 4.79 Å². The van der Waals surface area contributed by atoms with E-state index >= 15 is 0 Å². The maximum atomic E-state index is 10.4. The van der Waals surface area contributed by atoms with Crippen molar-refractivity contribution in [2.75, 3.05) is 0 Å². The molecule has 2 rings (SSSR count). The van der Waals surface area contributed by atoms with Crippen molar-refractivity contribution in [3.05, 3.63) is 40.9 Å². The van der Waals surface area contributed by atoms with Gasteiger partial charge in [-0.1, -0.05) is 30.3 Å². The van der Waals surface area contributed by atoms with Crippen LogP contribution in [0, 0.1) is 0 Å². The predicted octanol–water partition coefficient (Wildman–Crippen LogP) is 2.92. The molecule has 0 amide bonds. The summed E-state index contributed by atoms with van der Waals surface area (Å²) >= 11 is 3.21. The summed E-state index contributed by atoms with van der Waals surface area (Å²) in [6.45, 7) is 0. The first-order valence-electron chi connectivity index (χ1n) is 3.98. The Labute approximate surface area is 88.9 Å². The number of oxazole rings is 1. The number of rotatable bonds is 2. The van der Waals surface area contributed by atoms with E-state index in [0.717, 1.165) is 5.56 Å². The van der Waals surface area contributed by atoms with Crippen LogP contribution in [0.3, 0.4) is 0 Å². The highest BCUT2D eigenvalue weighted by atomic mass is 79.9. The van der Waals surface area contributed by atoms with Gasteiger partial charge in [-0.05, 0) is 15.9 Å². The summed E-state index contributed by atoms with van der Waals surface area (Å²) in [6, 6.07) is 9.51. The van der Waals surface area contributed by atoms with E-state index in [0.29, 0.717) is 16.6 Å². The standard InChI is InChI=1S/C10H6BrNO2/c11-10-9(12-8(6-13)14-10)7-4-2-1-3-5-7/h1-6H. The molecule has 0 aliphatic heterocycles. The first-order chi connectivity index (χ1) is 6.81. The maximum absolute atomic E-state index is 10.4. The zero-order valence-corrected chi connectivity index (χ0v) is 8.69. The normalized spacial score (nSPS) is 10.1. The lowest BCUT2D eigenvalue weighted by Gasteiger charge is -1.93. The van der Waals surface area contributed by atoms with Crippen LogP contribution in [-0.4, -0.2) is 11.3 Å². The fourth-order valence-corrected chi connectivity index (χ4v) is 1.62. The van der Waals surface area contributed by atoms with Crippen molar-refractivity contribution in [3.63, 3.8) is 0 Å². The van der Waals surface area contributed by atoms with Crippen molar-refractivity contribution in [1.29, 1.82) is 0 Å². The van der Waals surface area contributed by atoms with Crippen LogP contribution in [0.4, 0.5) is 0 Å². The van der Waals surface area contributed by atoms with Crippen LogP contribution in [0.1, 0.15) is 10.7 Å². The van der Waals surface area contributed by atoms with Crippen LogP contribution in [0.15, 0.2) is 39.4 Å². The third kappa shape index (κ3) is 1.61. The Hall–Kier alpha value is -1.42. The molecule has 70 valence electrons. The van der Waals surface area contributed by atoms with Gasteiger partial charge < -0.3 is 4.42 Å². The highest BCUT2D eigenvalue weighted by Crippen LogP contribution is 2.27. The summed E-state index contributed by atoms with van der Waals surface area (Å²) in [5.41, 5.74) is 1.56. The average molecular weight is 252 g/mol. The van der Waals surface area contributed by atoms with E-state index in [-0.39, 0.29) is 5.89 Å². The molecule has 0 unspecified atom stereocenters. The Morgan fingerprint density at radius 3 is 2.57 bits per heavy atom. The highest BCUT2D eigenvalue weighted by Gasteiger charge is 2.11. The molecular weight excluding hydrogens is 246 g/mol. The second-order valence-corrected chi connectivity index (χ2v) is 3.38. The number of nitrogens with zero attached hydrogens (tertiary/aromatic N) is 1. The molecular formula is C10H6BrNO2. The van der Waals surface area contributed by atoms with Gasteiger partial charge in [0, 0.05) is 5.56 Å². The monoisotopic (exact) mass is 251 g/mol. The second-order valence-electron chi connectivity index (χ2n) is 2.66. The topological polar surface area (TPSA) is 43.1 Å². The summed E-state index contributed by atoms with van der Waals surface area (Å²) in [5, 5.41) is 0. The molecule has 2 aromatic rings. The third-order valence-corrected chi connectivity index (χ3v) is 2.29. The Balaban J connectivity index is 2.51. The Morgan fingerprint density at radius 2 is 2.00 bits per heavy atom. The Morgan fingerprint density at radius 1 is 1.29 bits per heavy atom. The van der Waals surface area contributed by atoms with Crippen LogP contribution in [0.25, 0.3) is 11.3 Å². The molecule has 1 aromatic carbocycles. The van der Waals surface area contributed by atoms with Gasteiger partial charge in [0.2, 0.25) is 6.29 Å². The van der Waals surface area contributed by atoms with Crippen LogP contribution in [0.2, 0.25) is 0 Å². The van der Waals surface area contributed by atoms with Crippen LogP contribution in [-0.2, 0) is 0 Å². The lowest BCUT2D eigenvalue weighted by Crippen LogP contribution is -1.80. The molecule has 0 radical (unpaired) electrons. The van der Waals surface area contributed by atoms with Gasteiger partial charge in [0.1, 0.15) is 5.69 Å². The van der Waals surface area contributed by atoms with Gasteiger partial charge in [-0.25, -0.2) is 4.98 Å². The zero-order valence-electron chi connectivity index (χ0n) is 7.11. The van der Waals surface area contributed by atoms with Gasteiger partial charge >= 0.3 is 0 Å². The smallest absolute Gasteiger partial charge is 0.261 e. The minimum Gasteiger partial charge on any atom is -0.426 e. The van der Waals surface area contributed by atoms with E-state index in [9.17, 15) is 4.79 Å². The predicted molar refractivity (Wildman–Crippen MR) is 55.0 cm³/mol. The van der Waals surface area contributed by atoms with Crippen molar-refractivity contribution in [1.82, 2.24) is 4.98 Å². The molecule has 3 nitrogen and oxygen atoms in total. The average Bonchev–Trinajstić information content (AvgIpc) is 2.61. The lowest BCUT2D eigenvalue weighted by atomic mass is 10.2. The van der Waals surface area contributed by atoms with E-state index in [2.05, 4.69) is 20.9 Å². The molecule has 14 heavy (non-hydrogen) atoms. The van der Waals surface area contributed by atoms with Crippen molar-refractivity contribution in [2.24, 2.45) is 0 Å². The molecule has 0 saturated heterocycles. The van der Waals surface area contributed by atoms with Crippen LogP contribution >= 0.6 is 15.9 Å². The molecule has 0 aliphatic carbocycles. The van der Waals surface area contributed by atoms with E-state index in [1.54, 1.807) is 0 Å². The number of halogens is 1. The quantitative estimate of drug-likeness (QED) is 0.771. The molecule has 4 heteroatoms. The second kappa shape index (κ2) is 3.75. The number of carbonyl (C=O) groups is 1. The van der Waals surface area contributed by atoms with E-state index < -0.39 is 0 Å². The van der Waals surface area contributed by atoms with E-state index in [1.807, 2.05) is 30.3 Å². The van der Waals surface area contributed by atoms with E-state index in [4.69, 9.17) is 4.42 Å². The summed E-state index contributed by atoms with van der Waals surface area (Å²) < 4.78 is 5.53. The van der Waals surface area contributed by atoms with Gasteiger partial charge in [0.25, 0.3) is 5.89 Å². The fraction of sp³-hybridized carbons (Fsp3) is 0. The number of hydrogen-bond donors (Lipinski definition) is 0. The molecule has 0 saturated carbocycles. The van der Waals surface area contributed by atoms with Gasteiger partial charge in [-0.15, -0.1) is 0 Å². The number of carbonyl (C=O) groups excluding carboxylic acids is 1. The van der Waals surface area contributed by atoms with Gasteiger partial charge in [0.05, 0.1) is 0 Å². The number of benzene rings is 1. The summed E-state index contributed by atoms with van der Waals surface area (Å²) in [6.07, 6.45) is 0.581. The largest absolute Gasteiger partial charge is 0.426 e. The van der Waals surface area contributed by atoms with Gasteiger partial charge in [-0.2, -0.15) is 0 Å². The lowest BCUT2D eigenvalue weighted by molar-refractivity contribution is 0.109. The van der Waals surface area contributed by atoms with Crippen molar-refractivity contribution in [2.45, 2.75) is 0 Å². The number of aromatic nitrogens is 1. The molecule has 0 aliphatic rings. The zero-order chi connectivity index (χ0) is 9.97. The molecule has 1 heterocycles. The maximum Gasteiger partial charge on any atom is 0.261 e. The van der Waals surface area contributed by atoms with Crippen LogP contribution in [0.5, 0.6) is 0 Å². The third-order valence-electron chi connectivity index (χ3n) is 1.75. The summed E-state index contributed by atoms with van der Waals surface area (Å²) in [4.78, 5) is 14.4. The fourth-order valence-electron chi connectivity index (χ4n) is 1.14. The SMILES string of the molecule is O=Cc1nc(-c2ccccc2)c(Br)o1. The minimum atomic E-state index is 0.0794. The molecule has 0 spiro atoms. The Kier molecular flexibility index (Phi) is 2.45. The van der Waals surface area contributed by atoms with Crippen molar-refractivity contribution in [3.8, 4) is 11.3 Å². The summed E-state index contributed by atoms with van der Waals surface area (Å²) in [5.74, 6) is 0.0794. The first-order valence-corrected chi connectivity index (χ1v) is 4.77. The van der Waals surface area contributed by atoms with Gasteiger partial charge in [0.15, 0.2) is 4.67 Å². The van der Waals surface area contributed by atoms with Crippen molar-refractivity contribution < 1.29 is 9.21 Å². The number of hydrogen-bond acceptors (Lipinski definition) is 3. The molecule has 0 fully saturated rings. The molecule has 0 bridgehead atoms.